The molecule has 0 saturated carbocycles. The number of morpholine rings is 1. The Labute approximate surface area is 171 Å². The van der Waals surface area contributed by atoms with E-state index in [2.05, 4.69) is 39.6 Å². The Kier molecular flexibility index (Phi) is 6.70. The lowest BCUT2D eigenvalue weighted by Gasteiger charge is -2.46. The molecule has 3 aliphatic rings. The van der Waals surface area contributed by atoms with Gasteiger partial charge < -0.3 is 14.2 Å². The molecule has 2 aliphatic heterocycles. The van der Waals surface area contributed by atoms with Gasteiger partial charge in [0.25, 0.3) is 0 Å². The van der Waals surface area contributed by atoms with Crippen LogP contribution in [-0.2, 0) is 16.1 Å². The van der Waals surface area contributed by atoms with Crippen LogP contribution in [0.3, 0.4) is 0 Å². The zero-order valence-electron chi connectivity index (χ0n) is 16.5. The van der Waals surface area contributed by atoms with E-state index < -0.39 is 11.4 Å². The van der Waals surface area contributed by atoms with Crippen LogP contribution in [0.25, 0.3) is 0 Å². The molecule has 28 heavy (non-hydrogen) atoms. The van der Waals surface area contributed by atoms with E-state index in [0.717, 1.165) is 63.3 Å². The van der Waals surface area contributed by atoms with Crippen molar-refractivity contribution in [1.29, 1.82) is 0 Å². The molecule has 0 radical (unpaired) electrons. The SMILES string of the molecule is [O-][S+](c1ccccc1)N1CCOC2(CCN(CCC3=CCC=CC=C3)CC2)C1. The number of ether oxygens (including phenoxy) is 1. The maximum atomic E-state index is 12.9. The Morgan fingerprint density at radius 1 is 1.07 bits per heavy atom. The van der Waals surface area contributed by atoms with E-state index in [0.29, 0.717) is 6.61 Å². The highest BCUT2D eigenvalue weighted by Crippen LogP contribution is 2.32. The summed E-state index contributed by atoms with van der Waals surface area (Å²) in [5.41, 5.74) is 1.30. The van der Waals surface area contributed by atoms with Crippen molar-refractivity contribution >= 4 is 11.4 Å². The second kappa shape index (κ2) is 9.42. The third-order valence-electron chi connectivity index (χ3n) is 5.95. The van der Waals surface area contributed by atoms with Gasteiger partial charge in [0.1, 0.15) is 0 Å². The van der Waals surface area contributed by atoms with E-state index in [1.807, 2.05) is 30.3 Å². The quantitative estimate of drug-likeness (QED) is 0.709. The highest BCUT2D eigenvalue weighted by molar-refractivity contribution is 7.89. The largest absolute Gasteiger partial charge is 0.593 e. The second-order valence-corrected chi connectivity index (χ2v) is 9.34. The fraction of sp³-hybridized carbons (Fsp3) is 0.478. The Morgan fingerprint density at radius 3 is 2.71 bits per heavy atom. The summed E-state index contributed by atoms with van der Waals surface area (Å²) in [6.45, 7) is 5.39. The van der Waals surface area contributed by atoms with Gasteiger partial charge in [-0.3, -0.25) is 0 Å². The van der Waals surface area contributed by atoms with E-state index in [-0.39, 0.29) is 5.60 Å². The minimum absolute atomic E-state index is 0.134. The van der Waals surface area contributed by atoms with Crippen molar-refractivity contribution in [3.05, 3.63) is 66.3 Å². The zero-order chi connectivity index (χ0) is 19.2. The summed E-state index contributed by atoms with van der Waals surface area (Å²) in [6.07, 6.45) is 15.2. The van der Waals surface area contributed by atoms with Gasteiger partial charge >= 0.3 is 0 Å². The van der Waals surface area contributed by atoms with E-state index in [1.165, 1.54) is 5.57 Å². The summed E-state index contributed by atoms with van der Waals surface area (Å²) in [5, 5.41) is 0. The van der Waals surface area contributed by atoms with Crippen LogP contribution in [0.2, 0.25) is 0 Å². The van der Waals surface area contributed by atoms with Crippen LogP contribution in [0.5, 0.6) is 0 Å². The van der Waals surface area contributed by atoms with Crippen LogP contribution >= 0.6 is 0 Å². The Bertz CT molecular complexity index is 723. The van der Waals surface area contributed by atoms with E-state index in [9.17, 15) is 4.55 Å². The maximum absolute atomic E-state index is 12.9. The zero-order valence-corrected chi connectivity index (χ0v) is 17.3. The minimum atomic E-state index is -1.10. The van der Waals surface area contributed by atoms with Gasteiger partial charge in [-0.2, -0.15) is 0 Å². The molecule has 1 spiro atoms. The van der Waals surface area contributed by atoms with Crippen LogP contribution in [0.4, 0.5) is 0 Å². The second-order valence-electron chi connectivity index (χ2n) is 7.85. The molecular weight excluding hydrogens is 368 g/mol. The number of hydrogen-bond donors (Lipinski definition) is 0. The van der Waals surface area contributed by atoms with Gasteiger partial charge in [0.2, 0.25) is 0 Å². The first kappa shape index (κ1) is 19.9. The molecule has 1 aliphatic carbocycles. The summed E-state index contributed by atoms with van der Waals surface area (Å²) in [7, 11) is 0. The Balaban J connectivity index is 1.29. The highest BCUT2D eigenvalue weighted by atomic mass is 32.2. The van der Waals surface area contributed by atoms with E-state index >= 15 is 0 Å². The molecule has 4 nitrogen and oxygen atoms in total. The van der Waals surface area contributed by atoms with Crippen molar-refractivity contribution in [3.63, 3.8) is 0 Å². The monoisotopic (exact) mass is 398 g/mol. The number of hydrogen-bond acceptors (Lipinski definition) is 4. The van der Waals surface area contributed by atoms with Gasteiger partial charge in [-0.15, -0.1) is 4.31 Å². The first-order chi connectivity index (χ1) is 13.7. The molecule has 2 heterocycles. The fourth-order valence-corrected chi connectivity index (χ4v) is 5.50. The van der Waals surface area contributed by atoms with Gasteiger partial charge in [0, 0.05) is 19.6 Å². The summed E-state index contributed by atoms with van der Waals surface area (Å²) in [4.78, 5) is 3.44. The predicted octanol–water partition coefficient (Wildman–Crippen LogP) is 3.71. The molecule has 0 aromatic heterocycles. The summed E-state index contributed by atoms with van der Waals surface area (Å²) >= 11 is -1.10. The summed E-state index contributed by atoms with van der Waals surface area (Å²) < 4.78 is 21.3. The average molecular weight is 399 g/mol. The van der Waals surface area contributed by atoms with Gasteiger partial charge in [-0.25, -0.2) is 0 Å². The lowest BCUT2D eigenvalue weighted by atomic mass is 9.90. The molecule has 1 unspecified atom stereocenters. The Hall–Kier alpha value is -1.37. The van der Waals surface area contributed by atoms with Gasteiger partial charge in [0.15, 0.2) is 4.90 Å². The molecular formula is C23H30N2O2S. The highest BCUT2D eigenvalue weighted by Gasteiger charge is 2.43. The molecule has 2 fully saturated rings. The molecule has 1 aromatic carbocycles. The minimum Gasteiger partial charge on any atom is -0.593 e. The molecule has 4 rings (SSSR count). The smallest absolute Gasteiger partial charge is 0.174 e. The van der Waals surface area contributed by atoms with Crippen LogP contribution in [0.1, 0.15) is 25.7 Å². The Morgan fingerprint density at radius 2 is 1.89 bits per heavy atom. The lowest BCUT2D eigenvalue weighted by Crippen LogP contribution is -2.58. The van der Waals surface area contributed by atoms with E-state index in [4.69, 9.17) is 4.74 Å². The first-order valence-corrected chi connectivity index (χ1v) is 11.5. The van der Waals surface area contributed by atoms with Crippen molar-refractivity contribution in [2.45, 2.75) is 36.2 Å². The van der Waals surface area contributed by atoms with Crippen LogP contribution < -0.4 is 0 Å². The number of likely N-dealkylation sites (tertiary alicyclic amines) is 1. The number of nitrogens with zero attached hydrogens (tertiary/aromatic N) is 2. The van der Waals surface area contributed by atoms with Crippen molar-refractivity contribution in [2.75, 3.05) is 39.3 Å². The van der Waals surface area contributed by atoms with E-state index in [1.54, 1.807) is 0 Å². The third kappa shape index (κ3) is 4.97. The number of benzene rings is 1. The molecule has 1 atom stereocenters. The van der Waals surface area contributed by atoms with Crippen LogP contribution in [0, 0.1) is 0 Å². The summed E-state index contributed by atoms with van der Waals surface area (Å²) in [6, 6.07) is 9.78. The van der Waals surface area contributed by atoms with Gasteiger partial charge in [-0.1, -0.05) is 54.2 Å². The molecule has 0 bridgehead atoms. The molecule has 150 valence electrons. The molecule has 2 saturated heterocycles. The van der Waals surface area contributed by atoms with Gasteiger partial charge in [-0.05, 0) is 37.8 Å². The number of rotatable bonds is 5. The molecule has 0 N–H and O–H groups in total. The van der Waals surface area contributed by atoms with Crippen molar-refractivity contribution in [1.82, 2.24) is 9.21 Å². The molecule has 0 amide bonds. The summed E-state index contributed by atoms with van der Waals surface area (Å²) in [5.74, 6) is 0. The predicted molar refractivity (Wildman–Crippen MR) is 114 cm³/mol. The first-order valence-electron chi connectivity index (χ1n) is 10.3. The average Bonchev–Trinajstić information content (AvgIpc) is 3.03. The van der Waals surface area contributed by atoms with Gasteiger partial charge in [0.05, 0.1) is 36.7 Å². The van der Waals surface area contributed by atoms with Crippen LogP contribution in [0.15, 0.2) is 71.2 Å². The third-order valence-corrected chi connectivity index (χ3v) is 7.41. The number of allylic oxidation sites excluding steroid dienone is 5. The van der Waals surface area contributed by atoms with Crippen LogP contribution in [-0.4, -0.2) is 58.7 Å². The topological polar surface area (TPSA) is 38.8 Å². The molecule has 5 heteroatoms. The standard InChI is InChI=1S/C23H30N2O2S/c26-28(22-10-6-3-7-11-22)25-18-19-27-23(20-25)13-16-24(17-14-23)15-12-21-8-4-1-2-5-9-21/h1-4,6-11H,5,12-20H2. The number of piperidine rings is 1. The van der Waals surface area contributed by atoms with Crippen molar-refractivity contribution < 1.29 is 9.29 Å². The fourth-order valence-electron chi connectivity index (χ4n) is 4.22. The maximum Gasteiger partial charge on any atom is 0.174 e. The molecule has 1 aromatic rings. The van der Waals surface area contributed by atoms with Crippen molar-refractivity contribution in [3.8, 4) is 0 Å². The van der Waals surface area contributed by atoms with Crippen molar-refractivity contribution in [2.24, 2.45) is 0 Å². The normalized spacial score (nSPS) is 24.1. The lowest BCUT2D eigenvalue weighted by molar-refractivity contribution is -0.119.